The van der Waals surface area contributed by atoms with Crippen LogP contribution < -0.4 is 10.9 Å². The highest BCUT2D eigenvalue weighted by Gasteiger charge is 2.31. The van der Waals surface area contributed by atoms with Gasteiger partial charge >= 0.3 is 0 Å². The molecule has 0 aromatic heterocycles. The molecule has 0 spiro atoms. The second kappa shape index (κ2) is 10.4. The van der Waals surface area contributed by atoms with Crippen molar-refractivity contribution in [1.29, 1.82) is 0 Å². The van der Waals surface area contributed by atoms with Gasteiger partial charge < -0.3 is 0 Å². The first-order valence-electron chi connectivity index (χ1n) is 13.1. The summed E-state index contributed by atoms with van der Waals surface area (Å²) in [5.74, 6) is 0. The molecule has 1 aliphatic rings. The van der Waals surface area contributed by atoms with E-state index < -0.39 is 0 Å². The summed E-state index contributed by atoms with van der Waals surface area (Å²) in [4.78, 5) is 0. The van der Waals surface area contributed by atoms with E-state index in [4.69, 9.17) is 0 Å². The highest BCUT2D eigenvalue weighted by Crippen LogP contribution is 2.31. The Kier molecular flexibility index (Phi) is 7.41. The molecule has 182 valence electrons. The fraction of sp³-hybridized carbons (Fsp3) is 0.257. The first kappa shape index (κ1) is 25.8. The van der Waals surface area contributed by atoms with Crippen LogP contribution in [0.2, 0.25) is 0 Å². The third-order valence-electron chi connectivity index (χ3n) is 7.63. The number of hydrogen-bond donors (Lipinski definition) is 0. The van der Waals surface area contributed by atoms with E-state index in [0.29, 0.717) is 0 Å². The highest BCUT2D eigenvalue weighted by atomic mass is 14.2. The number of allylic oxidation sites excluding steroid dienone is 6. The van der Waals surface area contributed by atoms with Gasteiger partial charge in [0.1, 0.15) is 0 Å². The summed E-state index contributed by atoms with van der Waals surface area (Å²) in [6.07, 6.45) is 7.65. The Labute approximate surface area is 219 Å². The van der Waals surface area contributed by atoms with Crippen molar-refractivity contribution in [1.82, 2.24) is 0 Å². The lowest BCUT2D eigenvalue weighted by Crippen LogP contribution is -2.49. The largest absolute Gasteiger partial charge is 0.239 e. The summed E-state index contributed by atoms with van der Waals surface area (Å²) in [6.45, 7) is 22.3. The summed E-state index contributed by atoms with van der Waals surface area (Å²) in [5, 5.41) is 0. The average molecular weight is 471 g/mol. The molecule has 0 bridgehead atoms. The molecule has 4 rings (SSSR count). The SMILES string of the molecule is C=Cc1ccc(C2=CC(C)=C(B(c3c(C)cc(C)cc3C)c3c(C)cc(C)cc3C)CC(C)=C2)cc1. The van der Waals surface area contributed by atoms with Crippen molar-refractivity contribution in [2.75, 3.05) is 0 Å². The molecular formula is C35H39B. The molecule has 0 N–H and O–H groups in total. The maximum Gasteiger partial charge on any atom is 0.239 e. The maximum absolute atomic E-state index is 3.90. The number of benzene rings is 3. The van der Waals surface area contributed by atoms with Gasteiger partial charge in [0.05, 0.1) is 0 Å². The molecule has 3 aromatic rings. The van der Waals surface area contributed by atoms with Crippen molar-refractivity contribution in [2.45, 2.75) is 61.8 Å². The number of rotatable bonds is 5. The third-order valence-corrected chi connectivity index (χ3v) is 7.63. The Morgan fingerprint density at radius 1 is 0.667 bits per heavy atom. The van der Waals surface area contributed by atoms with Crippen LogP contribution in [-0.2, 0) is 0 Å². The minimum Gasteiger partial charge on any atom is -0.0985 e. The Morgan fingerprint density at radius 3 is 1.58 bits per heavy atom. The Morgan fingerprint density at radius 2 is 1.14 bits per heavy atom. The fourth-order valence-electron chi connectivity index (χ4n) is 6.22. The molecule has 0 nitrogen and oxygen atoms in total. The van der Waals surface area contributed by atoms with Crippen molar-refractivity contribution in [3.05, 3.63) is 128 Å². The summed E-state index contributed by atoms with van der Waals surface area (Å²) >= 11 is 0. The average Bonchev–Trinajstić information content (AvgIpc) is 2.94. The molecule has 3 aromatic carbocycles. The van der Waals surface area contributed by atoms with Crippen LogP contribution in [0.5, 0.6) is 0 Å². The number of hydrogen-bond acceptors (Lipinski definition) is 0. The van der Waals surface area contributed by atoms with Gasteiger partial charge in [-0.1, -0.05) is 134 Å². The van der Waals surface area contributed by atoms with Gasteiger partial charge in [-0.3, -0.25) is 0 Å². The normalized spacial score (nSPS) is 13.8. The van der Waals surface area contributed by atoms with Crippen LogP contribution in [0.25, 0.3) is 11.6 Å². The van der Waals surface area contributed by atoms with E-state index in [2.05, 4.69) is 123 Å². The highest BCUT2D eigenvalue weighted by molar-refractivity contribution is 6.92. The van der Waals surface area contributed by atoms with Gasteiger partial charge in [-0.05, 0) is 78.5 Å². The molecule has 0 atom stereocenters. The van der Waals surface area contributed by atoms with Crippen molar-refractivity contribution in [2.24, 2.45) is 0 Å². The van der Waals surface area contributed by atoms with Gasteiger partial charge in [0.25, 0.3) is 0 Å². The van der Waals surface area contributed by atoms with Crippen LogP contribution in [0.3, 0.4) is 0 Å². The van der Waals surface area contributed by atoms with Crippen LogP contribution >= 0.6 is 0 Å². The molecule has 0 aliphatic heterocycles. The van der Waals surface area contributed by atoms with Gasteiger partial charge in [-0.25, -0.2) is 0 Å². The molecule has 1 aliphatic carbocycles. The summed E-state index contributed by atoms with van der Waals surface area (Å²) in [6, 6.07) is 18.1. The Balaban J connectivity index is 1.99. The summed E-state index contributed by atoms with van der Waals surface area (Å²) in [7, 11) is 0. The predicted molar refractivity (Wildman–Crippen MR) is 162 cm³/mol. The third kappa shape index (κ3) is 5.12. The first-order chi connectivity index (χ1) is 17.1. The van der Waals surface area contributed by atoms with Gasteiger partial charge in [0.2, 0.25) is 6.71 Å². The van der Waals surface area contributed by atoms with Crippen LogP contribution in [0.15, 0.2) is 83.9 Å². The van der Waals surface area contributed by atoms with E-state index in [9.17, 15) is 0 Å². The topological polar surface area (TPSA) is 0 Å². The summed E-state index contributed by atoms with van der Waals surface area (Å²) < 4.78 is 0. The molecule has 0 fully saturated rings. The smallest absolute Gasteiger partial charge is 0.0985 e. The van der Waals surface area contributed by atoms with E-state index in [0.717, 1.165) is 12.0 Å². The molecule has 0 amide bonds. The zero-order valence-electron chi connectivity index (χ0n) is 23.3. The van der Waals surface area contributed by atoms with Crippen LogP contribution in [-0.4, -0.2) is 6.71 Å². The number of aryl methyl sites for hydroxylation is 6. The predicted octanol–water partition coefficient (Wildman–Crippen LogP) is 8.08. The molecule has 1 heteroatoms. The van der Waals surface area contributed by atoms with E-state index in [1.165, 1.54) is 72.1 Å². The van der Waals surface area contributed by atoms with E-state index in [1.807, 2.05) is 6.08 Å². The van der Waals surface area contributed by atoms with Crippen LogP contribution in [0.4, 0.5) is 0 Å². The minimum absolute atomic E-state index is 0.230. The molecule has 0 radical (unpaired) electrons. The molecule has 0 saturated heterocycles. The standard InChI is InChI=1S/C35H39B/c1-10-30-11-13-31(14-12-30)32-19-24(4)20-33(25(5)21-32)36(34-26(6)15-22(2)16-27(34)7)35-28(8)17-23(3)18-29(35)9/h10-19,21H,1,20H2,2-9H3. The van der Waals surface area contributed by atoms with Gasteiger partial charge in [0.15, 0.2) is 0 Å². The van der Waals surface area contributed by atoms with E-state index >= 15 is 0 Å². The van der Waals surface area contributed by atoms with Crippen molar-refractivity contribution < 1.29 is 0 Å². The van der Waals surface area contributed by atoms with Gasteiger partial charge in [0, 0.05) is 0 Å². The molecule has 0 saturated carbocycles. The zero-order valence-corrected chi connectivity index (χ0v) is 23.3. The molecule has 0 unspecified atom stereocenters. The van der Waals surface area contributed by atoms with E-state index in [-0.39, 0.29) is 6.71 Å². The molecular weight excluding hydrogens is 431 g/mol. The lowest BCUT2D eigenvalue weighted by Gasteiger charge is -2.27. The van der Waals surface area contributed by atoms with Crippen molar-refractivity contribution in [3.63, 3.8) is 0 Å². The van der Waals surface area contributed by atoms with Crippen molar-refractivity contribution in [3.8, 4) is 0 Å². The monoisotopic (exact) mass is 470 g/mol. The van der Waals surface area contributed by atoms with Crippen LogP contribution in [0.1, 0.15) is 64.8 Å². The van der Waals surface area contributed by atoms with Gasteiger partial charge in [-0.2, -0.15) is 0 Å². The molecule has 36 heavy (non-hydrogen) atoms. The quantitative estimate of drug-likeness (QED) is 0.331. The second-order valence-electron chi connectivity index (χ2n) is 10.9. The Hall–Kier alpha value is -3.32. The van der Waals surface area contributed by atoms with Gasteiger partial charge in [-0.15, -0.1) is 0 Å². The van der Waals surface area contributed by atoms with Crippen LogP contribution in [0, 0.1) is 41.5 Å². The van der Waals surface area contributed by atoms with E-state index in [1.54, 1.807) is 0 Å². The fourth-order valence-corrected chi connectivity index (χ4v) is 6.22. The lowest BCUT2D eigenvalue weighted by molar-refractivity contribution is 1.16. The first-order valence-corrected chi connectivity index (χ1v) is 13.1. The van der Waals surface area contributed by atoms with Crippen molar-refractivity contribution >= 4 is 29.3 Å². The minimum atomic E-state index is 0.230. The maximum atomic E-state index is 3.90. The Bertz CT molecular complexity index is 1320. The zero-order chi connectivity index (χ0) is 26.1. The molecule has 0 heterocycles. The second-order valence-corrected chi connectivity index (χ2v) is 10.9. The lowest BCUT2D eigenvalue weighted by atomic mass is 9.32. The summed E-state index contributed by atoms with van der Waals surface area (Å²) in [5.41, 5.74) is 19.1.